The molecule has 0 radical (unpaired) electrons. The van der Waals surface area contributed by atoms with E-state index in [0.717, 1.165) is 30.9 Å². The monoisotopic (exact) mass is 259 g/mol. The predicted octanol–water partition coefficient (Wildman–Crippen LogP) is 3.28. The van der Waals surface area contributed by atoms with Gasteiger partial charge in [-0.3, -0.25) is 0 Å². The van der Waals surface area contributed by atoms with Crippen LogP contribution < -0.4 is 5.32 Å². The number of aliphatic hydroxyl groups excluding tert-OH is 1. The molecule has 2 aliphatic rings. The van der Waals surface area contributed by atoms with Crippen LogP contribution in [0.15, 0.2) is 30.3 Å². The highest BCUT2D eigenvalue weighted by Crippen LogP contribution is 2.54. The van der Waals surface area contributed by atoms with Gasteiger partial charge in [0.05, 0.1) is 6.10 Å². The minimum absolute atomic E-state index is 0.101. The summed E-state index contributed by atoms with van der Waals surface area (Å²) in [4.78, 5) is 0. The fourth-order valence-corrected chi connectivity index (χ4v) is 3.48. The van der Waals surface area contributed by atoms with Gasteiger partial charge >= 0.3 is 0 Å². The summed E-state index contributed by atoms with van der Waals surface area (Å²) in [6, 6.07) is 10.8. The Morgan fingerprint density at radius 1 is 1.26 bits per heavy atom. The van der Waals surface area contributed by atoms with E-state index in [9.17, 15) is 5.11 Å². The van der Waals surface area contributed by atoms with Crippen molar-refractivity contribution in [3.8, 4) is 0 Å². The van der Waals surface area contributed by atoms with Gasteiger partial charge in [0, 0.05) is 18.0 Å². The van der Waals surface area contributed by atoms with Crippen LogP contribution in [0.3, 0.4) is 0 Å². The summed E-state index contributed by atoms with van der Waals surface area (Å²) in [5.41, 5.74) is 1.17. The molecule has 2 nitrogen and oxygen atoms in total. The van der Waals surface area contributed by atoms with Crippen LogP contribution in [0.25, 0.3) is 0 Å². The Morgan fingerprint density at radius 3 is 2.58 bits per heavy atom. The predicted molar refractivity (Wildman–Crippen MR) is 77.9 cm³/mol. The molecular formula is C17H25NO. The van der Waals surface area contributed by atoms with Gasteiger partial charge in [0.1, 0.15) is 0 Å². The normalized spacial score (nSPS) is 30.2. The van der Waals surface area contributed by atoms with Crippen molar-refractivity contribution < 1.29 is 5.11 Å². The third-order valence-corrected chi connectivity index (χ3v) is 5.17. The Hall–Kier alpha value is -0.860. The first-order valence-corrected chi connectivity index (χ1v) is 7.68. The molecule has 3 unspecified atom stereocenters. The van der Waals surface area contributed by atoms with Crippen LogP contribution in [0.4, 0.5) is 0 Å². The van der Waals surface area contributed by atoms with E-state index in [-0.39, 0.29) is 11.5 Å². The molecule has 2 N–H and O–H groups in total. The molecule has 2 fully saturated rings. The highest BCUT2D eigenvalue weighted by molar-refractivity contribution is 5.22. The van der Waals surface area contributed by atoms with Crippen LogP contribution in [-0.2, 0) is 0 Å². The van der Waals surface area contributed by atoms with Gasteiger partial charge in [-0.25, -0.2) is 0 Å². The lowest BCUT2D eigenvalue weighted by molar-refractivity contribution is 0.0890. The van der Waals surface area contributed by atoms with Crippen LogP contribution in [0.2, 0.25) is 0 Å². The van der Waals surface area contributed by atoms with Gasteiger partial charge in [-0.15, -0.1) is 0 Å². The van der Waals surface area contributed by atoms with E-state index in [4.69, 9.17) is 0 Å². The average Bonchev–Trinajstić information content (AvgIpc) is 3.14. The standard InChI is InChI=1S/C17H25NO/c1-13-6-5-9-15(13)18-12-17(10-11-17)16(19)14-7-3-2-4-8-14/h2-4,7-8,13,15-16,18-19H,5-6,9-12H2,1H3. The summed E-state index contributed by atoms with van der Waals surface area (Å²) >= 11 is 0. The van der Waals surface area contributed by atoms with Crippen molar-refractivity contribution in [1.29, 1.82) is 0 Å². The maximum atomic E-state index is 10.6. The third kappa shape index (κ3) is 2.70. The number of benzene rings is 1. The van der Waals surface area contributed by atoms with E-state index in [1.54, 1.807) is 0 Å². The SMILES string of the molecule is CC1CCCC1NCC1(C(O)c2ccccc2)CC1. The maximum Gasteiger partial charge on any atom is 0.0858 e. The van der Waals surface area contributed by atoms with Gasteiger partial charge in [-0.05, 0) is 37.2 Å². The molecular weight excluding hydrogens is 234 g/mol. The fourth-order valence-electron chi connectivity index (χ4n) is 3.48. The molecule has 2 aliphatic carbocycles. The van der Waals surface area contributed by atoms with Gasteiger partial charge in [0.25, 0.3) is 0 Å². The minimum Gasteiger partial charge on any atom is -0.388 e. The molecule has 2 saturated carbocycles. The Labute approximate surface area is 116 Å². The summed E-state index contributed by atoms with van der Waals surface area (Å²) in [6.07, 6.45) is 6.00. The molecule has 0 heterocycles. The van der Waals surface area contributed by atoms with Gasteiger partial charge in [-0.2, -0.15) is 0 Å². The quantitative estimate of drug-likeness (QED) is 0.850. The zero-order valence-corrected chi connectivity index (χ0v) is 11.8. The molecule has 1 aromatic rings. The van der Waals surface area contributed by atoms with Gasteiger partial charge in [-0.1, -0.05) is 43.7 Å². The topological polar surface area (TPSA) is 32.3 Å². The second kappa shape index (κ2) is 5.26. The summed E-state index contributed by atoms with van der Waals surface area (Å²) in [5, 5.41) is 14.3. The van der Waals surface area contributed by atoms with Crippen molar-refractivity contribution in [3.05, 3.63) is 35.9 Å². The molecule has 0 bridgehead atoms. The Bertz CT molecular complexity index is 413. The van der Waals surface area contributed by atoms with Gasteiger partial charge < -0.3 is 10.4 Å². The van der Waals surface area contributed by atoms with Crippen LogP contribution in [0.5, 0.6) is 0 Å². The Morgan fingerprint density at radius 2 is 2.00 bits per heavy atom. The molecule has 104 valence electrons. The second-order valence-electron chi connectivity index (χ2n) is 6.57. The van der Waals surface area contributed by atoms with Crippen molar-refractivity contribution in [2.75, 3.05) is 6.54 Å². The average molecular weight is 259 g/mol. The molecule has 0 aromatic heterocycles. The lowest BCUT2D eigenvalue weighted by Gasteiger charge is -2.26. The summed E-state index contributed by atoms with van der Waals surface area (Å²) in [7, 11) is 0. The number of hydrogen-bond donors (Lipinski definition) is 2. The molecule has 2 heteroatoms. The summed E-state index contributed by atoms with van der Waals surface area (Å²) < 4.78 is 0. The van der Waals surface area contributed by atoms with Crippen molar-refractivity contribution in [2.45, 2.75) is 51.2 Å². The van der Waals surface area contributed by atoms with E-state index in [1.165, 1.54) is 19.3 Å². The van der Waals surface area contributed by atoms with Crippen LogP contribution >= 0.6 is 0 Å². The van der Waals surface area contributed by atoms with Crippen LogP contribution in [0, 0.1) is 11.3 Å². The van der Waals surface area contributed by atoms with Crippen LogP contribution in [-0.4, -0.2) is 17.7 Å². The molecule has 3 rings (SSSR count). The summed E-state index contributed by atoms with van der Waals surface area (Å²) in [6.45, 7) is 3.32. The highest BCUT2D eigenvalue weighted by atomic mass is 16.3. The van der Waals surface area contributed by atoms with Gasteiger partial charge in [0.15, 0.2) is 0 Å². The number of rotatable bonds is 5. The smallest absolute Gasteiger partial charge is 0.0858 e. The molecule has 0 aliphatic heterocycles. The second-order valence-corrected chi connectivity index (χ2v) is 6.57. The number of aliphatic hydroxyl groups is 1. The van der Waals surface area contributed by atoms with Crippen molar-refractivity contribution in [3.63, 3.8) is 0 Å². The first kappa shape index (κ1) is 13.1. The van der Waals surface area contributed by atoms with E-state index in [2.05, 4.69) is 12.2 Å². The zero-order valence-electron chi connectivity index (χ0n) is 11.8. The summed E-state index contributed by atoms with van der Waals surface area (Å²) in [5.74, 6) is 0.796. The van der Waals surface area contributed by atoms with Crippen molar-refractivity contribution >= 4 is 0 Å². The van der Waals surface area contributed by atoms with E-state index >= 15 is 0 Å². The van der Waals surface area contributed by atoms with E-state index in [0.29, 0.717) is 6.04 Å². The lowest BCUT2D eigenvalue weighted by Crippen LogP contribution is -2.37. The third-order valence-electron chi connectivity index (χ3n) is 5.17. The first-order valence-electron chi connectivity index (χ1n) is 7.68. The van der Waals surface area contributed by atoms with E-state index < -0.39 is 0 Å². The Balaban J connectivity index is 1.60. The molecule has 19 heavy (non-hydrogen) atoms. The molecule has 3 atom stereocenters. The maximum absolute atomic E-state index is 10.6. The fraction of sp³-hybridized carbons (Fsp3) is 0.647. The lowest BCUT2D eigenvalue weighted by atomic mass is 9.92. The van der Waals surface area contributed by atoms with Crippen molar-refractivity contribution in [2.24, 2.45) is 11.3 Å². The highest BCUT2D eigenvalue weighted by Gasteiger charge is 2.49. The number of nitrogens with one attached hydrogen (secondary N) is 1. The Kier molecular flexibility index (Phi) is 3.64. The van der Waals surface area contributed by atoms with Gasteiger partial charge in [0.2, 0.25) is 0 Å². The van der Waals surface area contributed by atoms with Crippen LogP contribution in [0.1, 0.15) is 50.7 Å². The van der Waals surface area contributed by atoms with E-state index in [1.807, 2.05) is 30.3 Å². The van der Waals surface area contributed by atoms with Crippen molar-refractivity contribution in [1.82, 2.24) is 5.32 Å². The molecule has 0 amide bonds. The zero-order chi connectivity index (χ0) is 13.3. The molecule has 1 aromatic carbocycles. The first-order chi connectivity index (χ1) is 9.21. The largest absolute Gasteiger partial charge is 0.388 e. The molecule has 0 saturated heterocycles. The molecule has 0 spiro atoms. The number of hydrogen-bond acceptors (Lipinski definition) is 2. The minimum atomic E-state index is -0.307.